The first-order valence-corrected chi connectivity index (χ1v) is 5.87. The molecule has 3 aromatic rings. The lowest BCUT2D eigenvalue weighted by atomic mass is 10.2. The predicted molar refractivity (Wildman–Crippen MR) is 67.1 cm³/mol. The second-order valence-electron chi connectivity index (χ2n) is 3.79. The normalized spacial score (nSPS) is 12.8. The summed E-state index contributed by atoms with van der Waals surface area (Å²) in [5.41, 5.74) is 2.28. The maximum atomic E-state index is 5.90. The highest BCUT2D eigenvalue weighted by Crippen LogP contribution is 2.27. The van der Waals surface area contributed by atoms with Crippen LogP contribution in [0, 0.1) is 0 Å². The maximum Gasteiger partial charge on any atom is 0.250 e. The molecule has 0 spiro atoms. The first-order chi connectivity index (χ1) is 8.75. The predicted octanol–water partition coefficient (Wildman–Crippen LogP) is 2.98. The molecule has 0 radical (unpaired) electrons. The lowest BCUT2D eigenvalue weighted by molar-refractivity contribution is 0.507. The summed E-state index contributed by atoms with van der Waals surface area (Å²) in [6.45, 7) is 1.78. The minimum atomic E-state index is -0.313. The van der Waals surface area contributed by atoms with Gasteiger partial charge in [0.2, 0.25) is 11.8 Å². The maximum absolute atomic E-state index is 5.90. The highest BCUT2D eigenvalue weighted by Gasteiger charge is 2.15. The van der Waals surface area contributed by atoms with Gasteiger partial charge >= 0.3 is 0 Å². The van der Waals surface area contributed by atoms with Crippen molar-refractivity contribution < 1.29 is 4.42 Å². The molecule has 0 aliphatic rings. The van der Waals surface area contributed by atoms with Crippen LogP contribution < -0.4 is 0 Å². The zero-order chi connectivity index (χ0) is 12.5. The van der Waals surface area contributed by atoms with E-state index in [9.17, 15) is 0 Å². The SMILES string of the molecule is CC(Cl)c1nnc(-c2cccc3nccnc23)o1. The van der Waals surface area contributed by atoms with E-state index in [0.29, 0.717) is 11.8 Å². The molecule has 18 heavy (non-hydrogen) atoms. The van der Waals surface area contributed by atoms with Crippen molar-refractivity contribution in [3.8, 4) is 11.5 Å². The van der Waals surface area contributed by atoms with Crippen LogP contribution in [-0.2, 0) is 0 Å². The fourth-order valence-electron chi connectivity index (χ4n) is 1.67. The molecule has 2 aromatic heterocycles. The molecule has 1 atom stereocenters. The van der Waals surface area contributed by atoms with Gasteiger partial charge in [0.05, 0.1) is 11.1 Å². The van der Waals surface area contributed by atoms with Gasteiger partial charge in [0.15, 0.2) is 0 Å². The second-order valence-corrected chi connectivity index (χ2v) is 4.45. The van der Waals surface area contributed by atoms with Crippen molar-refractivity contribution in [2.24, 2.45) is 0 Å². The Kier molecular flexibility index (Phi) is 2.68. The third kappa shape index (κ3) is 1.82. The first-order valence-electron chi connectivity index (χ1n) is 5.43. The highest BCUT2D eigenvalue weighted by molar-refractivity contribution is 6.20. The molecule has 0 aliphatic heterocycles. The molecule has 1 unspecified atom stereocenters. The Labute approximate surface area is 108 Å². The van der Waals surface area contributed by atoms with Crippen LogP contribution in [0.2, 0.25) is 0 Å². The molecule has 0 saturated heterocycles. The van der Waals surface area contributed by atoms with Crippen molar-refractivity contribution in [1.82, 2.24) is 20.2 Å². The Bertz CT molecular complexity index is 690. The monoisotopic (exact) mass is 260 g/mol. The van der Waals surface area contributed by atoms with Gasteiger partial charge in [-0.05, 0) is 19.1 Å². The van der Waals surface area contributed by atoms with E-state index in [1.165, 1.54) is 0 Å². The van der Waals surface area contributed by atoms with Crippen LogP contribution in [-0.4, -0.2) is 20.2 Å². The Morgan fingerprint density at radius 2 is 2.00 bits per heavy atom. The summed E-state index contributed by atoms with van der Waals surface area (Å²) in [5.74, 6) is 0.802. The van der Waals surface area contributed by atoms with Crippen LogP contribution in [0.5, 0.6) is 0 Å². The number of benzene rings is 1. The Morgan fingerprint density at radius 1 is 1.17 bits per heavy atom. The number of hydrogen-bond acceptors (Lipinski definition) is 5. The molecular formula is C12H9ClN4O. The lowest BCUT2D eigenvalue weighted by Gasteiger charge is -2.00. The largest absolute Gasteiger partial charge is 0.419 e. The van der Waals surface area contributed by atoms with Crippen molar-refractivity contribution in [1.29, 1.82) is 0 Å². The number of alkyl halides is 1. The average Bonchev–Trinajstić information content (AvgIpc) is 2.87. The summed E-state index contributed by atoms with van der Waals surface area (Å²) in [7, 11) is 0. The molecule has 0 N–H and O–H groups in total. The van der Waals surface area contributed by atoms with Gasteiger partial charge in [-0.3, -0.25) is 9.97 Å². The Balaban J connectivity index is 2.18. The standard InChI is InChI=1S/C12H9ClN4O/c1-7(13)11-16-17-12(18-11)8-3-2-4-9-10(8)15-6-5-14-9/h2-7H,1H3. The van der Waals surface area contributed by atoms with Gasteiger partial charge in [0, 0.05) is 12.4 Å². The van der Waals surface area contributed by atoms with Crippen LogP contribution in [0.1, 0.15) is 18.2 Å². The van der Waals surface area contributed by atoms with Crippen molar-refractivity contribution in [3.05, 3.63) is 36.5 Å². The van der Waals surface area contributed by atoms with Gasteiger partial charge in [-0.1, -0.05) is 6.07 Å². The number of aromatic nitrogens is 4. The van der Waals surface area contributed by atoms with Gasteiger partial charge in [-0.15, -0.1) is 21.8 Å². The van der Waals surface area contributed by atoms with Crippen LogP contribution >= 0.6 is 11.6 Å². The van der Waals surface area contributed by atoms with Gasteiger partial charge in [0.25, 0.3) is 0 Å². The summed E-state index contributed by atoms with van der Waals surface area (Å²) >= 11 is 5.90. The molecule has 0 amide bonds. The zero-order valence-electron chi connectivity index (χ0n) is 9.54. The number of halogens is 1. The Morgan fingerprint density at radius 3 is 2.78 bits per heavy atom. The first kappa shape index (κ1) is 11.1. The highest BCUT2D eigenvalue weighted by atomic mass is 35.5. The number of fused-ring (bicyclic) bond motifs is 1. The third-order valence-corrected chi connectivity index (χ3v) is 2.70. The van der Waals surface area contributed by atoms with Crippen LogP contribution in [0.4, 0.5) is 0 Å². The van der Waals surface area contributed by atoms with E-state index < -0.39 is 0 Å². The number of nitrogens with zero attached hydrogens (tertiary/aromatic N) is 4. The van der Waals surface area contributed by atoms with Gasteiger partial charge < -0.3 is 4.42 Å². The van der Waals surface area contributed by atoms with E-state index in [2.05, 4.69) is 20.2 Å². The fraction of sp³-hybridized carbons (Fsp3) is 0.167. The summed E-state index contributed by atoms with van der Waals surface area (Å²) in [6, 6.07) is 5.63. The fourth-order valence-corrected chi connectivity index (χ4v) is 1.76. The quantitative estimate of drug-likeness (QED) is 0.663. The molecule has 1 aromatic carbocycles. The van der Waals surface area contributed by atoms with Crippen molar-refractivity contribution in [3.63, 3.8) is 0 Å². The second kappa shape index (κ2) is 4.34. The molecule has 5 nitrogen and oxygen atoms in total. The number of rotatable bonds is 2. The molecule has 0 saturated carbocycles. The minimum absolute atomic E-state index is 0.313. The number of hydrogen-bond donors (Lipinski definition) is 0. The van der Waals surface area contributed by atoms with Crippen LogP contribution in [0.25, 0.3) is 22.5 Å². The molecule has 0 fully saturated rings. The third-order valence-electron chi connectivity index (χ3n) is 2.51. The molecular weight excluding hydrogens is 252 g/mol. The van der Waals surface area contributed by atoms with Gasteiger partial charge in [0.1, 0.15) is 10.9 Å². The number of para-hydroxylation sites is 1. The van der Waals surface area contributed by atoms with E-state index in [1.807, 2.05) is 18.2 Å². The summed E-state index contributed by atoms with van der Waals surface area (Å²) in [6.07, 6.45) is 3.28. The molecule has 2 heterocycles. The van der Waals surface area contributed by atoms with Crippen molar-refractivity contribution >= 4 is 22.6 Å². The smallest absolute Gasteiger partial charge is 0.250 e. The molecule has 3 rings (SSSR count). The average molecular weight is 261 g/mol. The molecule has 6 heteroatoms. The van der Waals surface area contributed by atoms with E-state index in [4.69, 9.17) is 16.0 Å². The summed E-state index contributed by atoms with van der Waals surface area (Å²) < 4.78 is 5.52. The summed E-state index contributed by atoms with van der Waals surface area (Å²) in [4.78, 5) is 8.52. The Hall–Kier alpha value is -2.01. The lowest BCUT2D eigenvalue weighted by Crippen LogP contribution is -1.86. The van der Waals surface area contributed by atoms with E-state index in [-0.39, 0.29) is 5.38 Å². The zero-order valence-corrected chi connectivity index (χ0v) is 10.3. The van der Waals surface area contributed by atoms with Crippen LogP contribution in [0.3, 0.4) is 0 Å². The summed E-state index contributed by atoms with van der Waals surface area (Å²) in [5, 5.41) is 7.58. The van der Waals surface area contributed by atoms with Crippen molar-refractivity contribution in [2.45, 2.75) is 12.3 Å². The van der Waals surface area contributed by atoms with Gasteiger partial charge in [-0.25, -0.2) is 0 Å². The van der Waals surface area contributed by atoms with E-state index in [0.717, 1.165) is 16.6 Å². The molecule has 0 aliphatic carbocycles. The van der Waals surface area contributed by atoms with Crippen molar-refractivity contribution in [2.75, 3.05) is 0 Å². The van der Waals surface area contributed by atoms with E-state index >= 15 is 0 Å². The van der Waals surface area contributed by atoms with E-state index in [1.54, 1.807) is 19.3 Å². The van der Waals surface area contributed by atoms with Gasteiger partial charge in [-0.2, -0.15) is 0 Å². The topological polar surface area (TPSA) is 64.7 Å². The molecule has 0 bridgehead atoms. The minimum Gasteiger partial charge on any atom is -0.419 e. The molecule has 90 valence electrons. The van der Waals surface area contributed by atoms with Crippen LogP contribution in [0.15, 0.2) is 35.0 Å².